The fourth-order valence-electron chi connectivity index (χ4n) is 2.37. The van der Waals surface area contributed by atoms with Gasteiger partial charge in [-0.15, -0.1) is 0 Å². The van der Waals surface area contributed by atoms with Crippen molar-refractivity contribution in [2.24, 2.45) is 0 Å². The summed E-state index contributed by atoms with van der Waals surface area (Å²) in [4.78, 5) is 20.7. The number of benzene rings is 1. The minimum atomic E-state index is -0.0494. The van der Waals surface area contributed by atoms with E-state index in [1.165, 1.54) is 0 Å². The number of rotatable bonds is 5. The van der Waals surface area contributed by atoms with Crippen molar-refractivity contribution in [3.8, 4) is 11.5 Å². The molecule has 0 atom stereocenters. The lowest BCUT2D eigenvalue weighted by atomic mass is 10.1. The zero-order valence-corrected chi connectivity index (χ0v) is 12.8. The Kier molecular flexibility index (Phi) is 4.47. The van der Waals surface area contributed by atoms with E-state index in [2.05, 4.69) is 15.3 Å². The Balaban J connectivity index is 1.66. The SMILES string of the molecule is Cc1cccc(CC(=O)NCc2nccnc2-c2ccco2)c1. The molecule has 0 bridgehead atoms. The zero-order valence-electron chi connectivity index (χ0n) is 12.8. The molecule has 5 heteroatoms. The Bertz CT molecular complexity index is 798. The molecule has 2 heterocycles. The van der Waals surface area contributed by atoms with Gasteiger partial charge in [0.1, 0.15) is 5.69 Å². The van der Waals surface area contributed by atoms with Crippen LogP contribution in [0.4, 0.5) is 0 Å². The Labute approximate surface area is 134 Å². The zero-order chi connectivity index (χ0) is 16.1. The van der Waals surface area contributed by atoms with Crippen molar-refractivity contribution in [2.45, 2.75) is 19.9 Å². The van der Waals surface area contributed by atoms with Crippen LogP contribution in [0.2, 0.25) is 0 Å². The van der Waals surface area contributed by atoms with Crippen LogP contribution in [0.3, 0.4) is 0 Å². The van der Waals surface area contributed by atoms with Crippen LogP contribution >= 0.6 is 0 Å². The van der Waals surface area contributed by atoms with E-state index >= 15 is 0 Å². The third-order valence-corrected chi connectivity index (χ3v) is 3.43. The Morgan fingerprint density at radius 3 is 2.83 bits per heavy atom. The van der Waals surface area contributed by atoms with Crippen LogP contribution in [-0.4, -0.2) is 15.9 Å². The van der Waals surface area contributed by atoms with Gasteiger partial charge in [-0.3, -0.25) is 9.78 Å². The fraction of sp³-hybridized carbons (Fsp3) is 0.167. The van der Waals surface area contributed by atoms with Gasteiger partial charge in [0, 0.05) is 12.4 Å². The predicted molar refractivity (Wildman–Crippen MR) is 86.5 cm³/mol. The molecule has 0 aliphatic carbocycles. The molecule has 0 saturated heterocycles. The molecule has 23 heavy (non-hydrogen) atoms. The van der Waals surface area contributed by atoms with Crippen molar-refractivity contribution < 1.29 is 9.21 Å². The summed E-state index contributed by atoms with van der Waals surface area (Å²) in [6.07, 6.45) is 5.15. The number of nitrogens with one attached hydrogen (secondary N) is 1. The van der Waals surface area contributed by atoms with Gasteiger partial charge in [0.05, 0.1) is 24.9 Å². The minimum absolute atomic E-state index is 0.0494. The van der Waals surface area contributed by atoms with E-state index in [9.17, 15) is 4.79 Å². The first-order chi connectivity index (χ1) is 11.2. The summed E-state index contributed by atoms with van der Waals surface area (Å²) in [7, 11) is 0. The highest BCUT2D eigenvalue weighted by atomic mass is 16.3. The summed E-state index contributed by atoms with van der Waals surface area (Å²) in [5, 5.41) is 2.89. The summed E-state index contributed by atoms with van der Waals surface area (Å²) in [5.41, 5.74) is 3.46. The maximum absolute atomic E-state index is 12.1. The van der Waals surface area contributed by atoms with E-state index in [1.54, 1.807) is 24.7 Å². The molecule has 0 aliphatic rings. The van der Waals surface area contributed by atoms with Crippen LogP contribution in [0.25, 0.3) is 11.5 Å². The van der Waals surface area contributed by atoms with Gasteiger partial charge >= 0.3 is 0 Å². The van der Waals surface area contributed by atoms with E-state index in [0.29, 0.717) is 30.1 Å². The van der Waals surface area contributed by atoms with Crippen molar-refractivity contribution in [3.05, 3.63) is 71.9 Å². The predicted octanol–water partition coefficient (Wildman–Crippen LogP) is 2.90. The van der Waals surface area contributed by atoms with Crippen molar-refractivity contribution in [1.82, 2.24) is 15.3 Å². The number of aryl methyl sites for hydroxylation is 1. The van der Waals surface area contributed by atoms with E-state index < -0.39 is 0 Å². The second-order valence-electron chi connectivity index (χ2n) is 5.27. The topological polar surface area (TPSA) is 68.0 Å². The molecule has 1 aromatic carbocycles. The molecule has 1 amide bonds. The second kappa shape index (κ2) is 6.87. The monoisotopic (exact) mass is 307 g/mol. The van der Waals surface area contributed by atoms with Crippen LogP contribution in [0.15, 0.2) is 59.5 Å². The number of carbonyl (C=O) groups is 1. The van der Waals surface area contributed by atoms with Gasteiger partial charge in [-0.1, -0.05) is 29.8 Å². The summed E-state index contributed by atoms with van der Waals surface area (Å²) in [6.45, 7) is 2.32. The molecule has 5 nitrogen and oxygen atoms in total. The number of aromatic nitrogens is 2. The molecule has 3 aromatic rings. The van der Waals surface area contributed by atoms with Crippen molar-refractivity contribution >= 4 is 5.91 Å². The highest BCUT2D eigenvalue weighted by Gasteiger charge is 2.11. The maximum Gasteiger partial charge on any atom is 0.224 e. The molecular weight excluding hydrogens is 290 g/mol. The van der Waals surface area contributed by atoms with E-state index in [4.69, 9.17) is 4.42 Å². The Hall–Kier alpha value is -2.95. The van der Waals surface area contributed by atoms with Crippen LogP contribution in [0.5, 0.6) is 0 Å². The second-order valence-corrected chi connectivity index (χ2v) is 5.27. The highest BCUT2D eigenvalue weighted by molar-refractivity contribution is 5.78. The normalized spacial score (nSPS) is 10.5. The number of nitrogens with zero attached hydrogens (tertiary/aromatic N) is 2. The number of hydrogen-bond acceptors (Lipinski definition) is 4. The minimum Gasteiger partial charge on any atom is -0.463 e. The summed E-state index contributed by atoms with van der Waals surface area (Å²) < 4.78 is 5.36. The molecule has 0 unspecified atom stereocenters. The van der Waals surface area contributed by atoms with Gasteiger partial charge in [-0.25, -0.2) is 4.98 Å². The van der Waals surface area contributed by atoms with Crippen molar-refractivity contribution in [2.75, 3.05) is 0 Å². The number of carbonyl (C=O) groups excluding carboxylic acids is 1. The maximum atomic E-state index is 12.1. The van der Waals surface area contributed by atoms with Gasteiger partial charge in [0.25, 0.3) is 0 Å². The van der Waals surface area contributed by atoms with Crippen LogP contribution in [0.1, 0.15) is 16.8 Å². The summed E-state index contributed by atoms with van der Waals surface area (Å²) in [6, 6.07) is 11.5. The quantitative estimate of drug-likeness (QED) is 0.787. The molecule has 0 radical (unpaired) electrons. The van der Waals surface area contributed by atoms with Gasteiger partial charge < -0.3 is 9.73 Å². The average molecular weight is 307 g/mol. The number of amides is 1. The van der Waals surface area contributed by atoms with Crippen LogP contribution < -0.4 is 5.32 Å². The molecule has 1 N–H and O–H groups in total. The lowest BCUT2D eigenvalue weighted by molar-refractivity contribution is -0.120. The molecule has 0 aliphatic heterocycles. The van der Waals surface area contributed by atoms with Gasteiger partial charge in [-0.05, 0) is 24.6 Å². The van der Waals surface area contributed by atoms with E-state index in [0.717, 1.165) is 11.1 Å². The lowest BCUT2D eigenvalue weighted by Gasteiger charge is -2.08. The summed E-state index contributed by atoms with van der Waals surface area (Å²) >= 11 is 0. The Morgan fingerprint density at radius 1 is 1.17 bits per heavy atom. The first-order valence-electron chi connectivity index (χ1n) is 7.38. The third kappa shape index (κ3) is 3.83. The molecule has 0 saturated carbocycles. The average Bonchev–Trinajstić information content (AvgIpc) is 3.07. The van der Waals surface area contributed by atoms with Crippen molar-refractivity contribution in [1.29, 1.82) is 0 Å². The highest BCUT2D eigenvalue weighted by Crippen LogP contribution is 2.19. The molecule has 0 spiro atoms. The molecular formula is C18H17N3O2. The first-order valence-corrected chi connectivity index (χ1v) is 7.38. The summed E-state index contributed by atoms with van der Waals surface area (Å²) in [5.74, 6) is 0.590. The third-order valence-electron chi connectivity index (χ3n) is 3.43. The van der Waals surface area contributed by atoms with Gasteiger partial charge in [0.15, 0.2) is 5.76 Å². The van der Waals surface area contributed by atoms with Gasteiger partial charge in [0.2, 0.25) is 5.91 Å². The molecule has 116 valence electrons. The standard InChI is InChI=1S/C18H17N3O2/c1-13-4-2-5-14(10-13)11-17(22)21-12-15-18(20-8-7-19-15)16-6-3-9-23-16/h2-10H,11-12H2,1H3,(H,21,22). The largest absolute Gasteiger partial charge is 0.463 e. The molecule has 2 aromatic heterocycles. The molecule has 0 fully saturated rings. The smallest absolute Gasteiger partial charge is 0.224 e. The number of hydrogen-bond donors (Lipinski definition) is 1. The Morgan fingerprint density at radius 2 is 2.04 bits per heavy atom. The van der Waals surface area contributed by atoms with E-state index in [1.807, 2.05) is 37.3 Å². The lowest BCUT2D eigenvalue weighted by Crippen LogP contribution is -2.25. The van der Waals surface area contributed by atoms with Crippen LogP contribution in [0, 0.1) is 6.92 Å². The fourth-order valence-corrected chi connectivity index (χ4v) is 2.37. The van der Waals surface area contributed by atoms with Crippen molar-refractivity contribution in [3.63, 3.8) is 0 Å². The van der Waals surface area contributed by atoms with E-state index in [-0.39, 0.29) is 5.91 Å². The number of furan rings is 1. The first kappa shape index (κ1) is 15.0. The molecule has 3 rings (SSSR count). The van der Waals surface area contributed by atoms with Gasteiger partial charge in [-0.2, -0.15) is 0 Å². The van der Waals surface area contributed by atoms with Crippen LogP contribution in [-0.2, 0) is 17.8 Å².